The van der Waals surface area contributed by atoms with Crippen molar-refractivity contribution in [1.82, 2.24) is 9.88 Å². The van der Waals surface area contributed by atoms with Crippen molar-refractivity contribution >= 4 is 5.82 Å². The van der Waals surface area contributed by atoms with E-state index in [0.717, 1.165) is 37.4 Å². The van der Waals surface area contributed by atoms with Gasteiger partial charge in [-0.15, -0.1) is 0 Å². The van der Waals surface area contributed by atoms with E-state index in [1.807, 2.05) is 12.3 Å². The summed E-state index contributed by atoms with van der Waals surface area (Å²) in [5.41, 5.74) is 1.26. The summed E-state index contributed by atoms with van der Waals surface area (Å²) in [6, 6.07) is 4.15. The number of hydrogen-bond acceptors (Lipinski definition) is 4. The van der Waals surface area contributed by atoms with Crippen molar-refractivity contribution in [2.75, 3.05) is 44.7 Å². The summed E-state index contributed by atoms with van der Waals surface area (Å²) in [7, 11) is 0. The zero-order chi connectivity index (χ0) is 13.8. The quantitative estimate of drug-likeness (QED) is 0.893. The van der Waals surface area contributed by atoms with Gasteiger partial charge in [0.1, 0.15) is 5.82 Å². The van der Waals surface area contributed by atoms with Crippen LogP contribution in [-0.2, 0) is 4.74 Å². The molecule has 4 nitrogen and oxygen atoms in total. The van der Waals surface area contributed by atoms with Gasteiger partial charge in [0.25, 0.3) is 0 Å². The fourth-order valence-corrected chi connectivity index (χ4v) is 3.22. The van der Waals surface area contributed by atoms with Crippen LogP contribution in [-0.4, -0.2) is 49.3 Å². The zero-order valence-corrected chi connectivity index (χ0v) is 12.3. The summed E-state index contributed by atoms with van der Waals surface area (Å²) in [6.45, 7) is 8.75. The smallest absolute Gasteiger partial charge is 0.126 e. The molecule has 20 heavy (non-hydrogen) atoms. The molecule has 2 saturated heterocycles. The SMILES string of the molecule is Cc1ccnc(NC[C@@H]2CCN(C[C@@H]3CCOC3)C2)c1. The van der Waals surface area contributed by atoms with Crippen LogP contribution < -0.4 is 5.32 Å². The van der Waals surface area contributed by atoms with Gasteiger partial charge in [-0.25, -0.2) is 4.98 Å². The van der Waals surface area contributed by atoms with Gasteiger partial charge >= 0.3 is 0 Å². The first-order valence-corrected chi connectivity index (χ1v) is 7.76. The molecule has 3 rings (SSSR count). The summed E-state index contributed by atoms with van der Waals surface area (Å²) in [4.78, 5) is 6.97. The number of aryl methyl sites for hydroxylation is 1. The fraction of sp³-hybridized carbons (Fsp3) is 0.688. The molecule has 2 fully saturated rings. The second kappa shape index (κ2) is 6.55. The Bertz CT molecular complexity index is 431. The molecule has 110 valence electrons. The largest absolute Gasteiger partial charge is 0.381 e. The number of pyridine rings is 1. The van der Waals surface area contributed by atoms with Crippen LogP contribution in [0.5, 0.6) is 0 Å². The molecule has 0 amide bonds. The van der Waals surface area contributed by atoms with Crippen LogP contribution in [0.25, 0.3) is 0 Å². The molecule has 1 aromatic rings. The molecule has 2 atom stereocenters. The Labute approximate surface area is 121 Å². The molecule has 3 heterocycles. The number of rotatable bonds is 5. The van der Waals surface area contributed by atoms with E-state index in [9.17, 15) is 0 Å². The second-order valence-electron chi connectivity index (χ2n) is 6.24. The highest BCUT2D eigenvalue weighted by molar-refractivity contribution is 5.36. The first-order valence-electron chi connectivity index (χ1n) is 7.76. The monoisotopic (exact) mass is 275 g/mol. The first-order chi connectivity index (χ1) is 9.79. The van der Waals surface area contributed by atoms with Crippen LogP contribution in [0.1, 0.15) is 18.4 Å². The summed E-state index contributed by atoms with van der Waals surface area (Å²) in [6.07, 6.45) is 4.41. The van der Waals surface area contributed by atoms with E-state index >= 15 is 0 Å². The lowest BCUT2D eigenvalue weighted by molar-refractivity contribution is 0.173. The minimum absolute atomic E-state index is 0.750. The van der Waals surface area contributed by atoms with Gasteiger partial charge in [-0.2, -0.15) is 0 Å². The highest BCUT2D eigenvalue weighted by atomic mass is 16.5. The molecule has 1 N–H and O–H groups in total. The number of nitrogens with zero attached hydrogens (tertiary/aromatic N) is 2. The Balaban J connectivity index is 1.41. The van der Waals surface area contributed by atoms with Crippen molar-refractivity contribution in [3.05, 3.63) is 23.9 Å². The van der Waals surface area contributed by atoms with Gasteiger partial charge in [0, 0.05) is 32.4 Å². The van der Waals surface area contributed by atoms with Gasteiger partial charge in [-0.3, -0.25) is 0 Å². The summed E-state index contributed by atoms with van der Waals surface area (Å²) < 4.78 is 5.46. The van der Waals surface area contributed by atoms with E-state index in [0.29, 0.717) is 0 Å². The van der Waals surface area contributed by atoms with Crippen LogP contribution >= 0.6 is 0 Å². The van der Waals surface area contributed by atoms with Crippen molar-refractivity contribution < 1.29 is 4.74 Å². The van der Waals surface area contributed by atoms with Crippen molar-refractivity contribution in [3.8, 4) is 0 Å². The van der Waals surface area contributed by atoms with Gasteiger partial charge in [0.15, 0.2) is 0 Å². The Morgan fingerprint density at radius 3 is 3.15 bits per heavy atom. The van der Waals surface area contributed by atoms with Gasteiger partial charge in [0.2, 0.25) is 0 Å². The molecule has 1 aromatic heterocycles. The minimum atomic E-state index is 0.750. The fourth-order valence-electron chi connectivity index (χ4n) is 3.22. The maximum absolute atomic E-state index is 5.46. The average molecular weight is 275 g/mol. The lowest BCUT2D eigenvalue weighted by atomic mass is 10.1. The van der Waals surface area contributed by atoms with E-state index < -0.39 is 0 Å². The van der Waals surface area contributed by atoms with E-state index in [-0.39, 0.29) is 0 Å². The molecule has 0 spiro atoms. The standard InChI is InChI=1S/C16H25N3O/c1-13-2-5-17-16(8-13)18-9-14-3-6-19(10-14)11-15-4-7-20-12-15/h2,5,8,14-15H,3-4,6-7,9-12H2,1H3,(H,17,18)/t14-,15-/m0/s1. The van der Waals surface area contributed by atoms with E-state index in [4.69, 9.17) is 4.74 Å². The molecule has 0 saturated carbocycles. The molecule has 0 aliphatic carbocycles. The van der Waals surface area contributed by atoms with Crippen molar-refractivity contribution in [1.29, 1.82) is 0 Å². The zero-order valence-electron chi connectivity index (χ0n) is 12.3. The van der Waals surface area contributed by atoms with Crippen LogP contribution in [0.4, 0.5) is 5.82 Å². The van der Waals surface area contributed by atoms with Gasteiger partial charge in [0.05, 0.1) is 6.61 Å². The number of anilines is 1. The minimum Gasteiger partial charge on any atom is -0.381 e. The molecule has 0 bridgehead atoms. The highest BCUT2D eigenvalue weighted by Crippen LogP contribution is 2.21. The topological polar surface area (TPSA) is 37.4 Å². The highest BCUT2D eigenvalue weighted by Gasteiger charge is 2.26. The molecule has 0 radical (unpaired) electrons. The summed E-state index contributed by atoms with van der Waals surface area (Å²) in [5, 5.41) is 3.48. The van der Waals surface area contributed by atoms with E-state index in [1.165, 1.54) is 38.0 Å². The predicted molar refractivity (Wildman–Crippen MR) is 80.9 cm³/mol. The summed E-state index contributed by atoms with van der Waals surface area (Å²) >= 11 is 0. The van der Waals surface area contributed by atoms with Gasteiger partial charge < -0.3 is 15.0 Å². The third-order valence-corrected chi connectivity index (χ3v) is 4.40. The van der Waals surface area contributed by atoms with Crippen molar-refractivity contribution in [2.45, 2.75) is 19.8 Å². The van der Waals surface area contributed by atoms with Crippen LogP contribution in [0.15, 0.2) is 18.3 Å². The molecule has 2 aliphatic rings. The number of aromatic nitrogens is 1. The molecule has 2 aliphatic heterocycles. The molecular weight excluding hydrogens is 250 g/mol. The molecular formula is C16H25N3O. The maximum atomic E-state index is 5.46. The Morgan fingerprint density at radius 1 is 1.40 bits per heavy atom. The maximum Gasteiger partial charge on any atom is 0.126 e. The van der Waals surface area contributed by atoms with Gasteiger partial charge in [-0.05, 0) is 55.8 Å². The number of hydrogen-bond donors (Lipinski definition) is 1. The summed E-state index contributed by atoms with van der Waals surface area (Å²) in [5.74, 6) is 2.52. The molecule has 0 aromatic carbocycles. The van der Waals surface area contributed by atoms with Gasteiger partial charge in [-0.1, -0.05) is 0 Å². The van der Waals surface area contributed by atoms with E-state index in [1.54, 1.807) is 0 Å². The number of likely N-dealkylation sites (tertiary alicyclic amines) is 1. The Kier molecular flexibility index (Phi) is 4.53. The average Bonchev–Trinajstić information content (AvgIpc) is 3.09. The number of nitrogens with one attached hydrogen (secondary N) is 1. The van der Waals surface area contributed by atoms with Crippen molar-refractivity contribution in [3.63, 3.8) is 0 Å². The van der Waals surface area contributed by atoms with E-state index in [2.05, 4.69) is 28.2 Å². The third-order valence-electron chi connectivity index (χ3n) is 4.40. The first kappa shape index (κ1) is 13.8. The lowest BCUT2D eigenvalue weighted by Gasteiger charge is -2.19. The van der Waals surface area contributed by atoms with Crippen molar-refractivity contribution in [2.24, 2.45) is 11.8 Å². The van der Waals surface area contributed by atoms with Crippen LogP contribution in [0.3, 0.4) is 0 Å². The Hall–Kier alpha value is -1.13. The van der Waals surface area contributed by atoms with Crippen LogP contribution in [0.2, 0.25) is 0 Å². The Morgan fingerprint density at radius 2 is 2.35 bits per heavy atom. The lowest BCUT2D eigenvalue weighted by Crippen LogP contribution is -2.28. The normalized spacial score (nSPS) is 27.1. The second-order valence-corrected chi connectivity index (χ2v) is 6.24. The molecule has 4 heteroatoms. The number of ether oxygens (including phenoxy) is 1. The predicted octanol–water partition coefficient (Wildman–Crippen LogP) is 2.16. The van der Waals surface area contributed by atoms with Crippen LogP contribution in [0, 0.1) is 18.8 Å². The third kappa shape index (κ3) is 3.70. The molecule has 0 unspecified atom stereocenters.